The van der Waals surface area contributed by atoms with Crippen molar-refractivity contribution >= 4 is 16.8 Å². The van der Waals surface area contributed by atoms with Crippen LogP contribution in [0.1, 0.15) is 51.3 Å². The SMILES string of the molecule is CC1(C)C[C@H]2C[C@](C)(C[NH+]2CC(=O)N2CCc3[nH]c4ccccc4c3C2)C1. The minimum atomic E-state index is 0.342. The molecule has 1 amide bonds. The lowest BCUT2D eigenvalue weighted by atomic mass is 9.65. The number of rotatable bonds is 2. The van der Waals surface area contributed by atoms with Crippen LogP contribution < -0.4 is 4.90 Å². The number of quaternary nitrogens is 1. The number of hydrogen-bond donors (Lipinski definition) is 2. The molecule has 2 fully saturated rings. The van der Waals surface area contributed by atoms with E-state index in [1.807, 2.05) is 0 Å². The summed E-state index contributed by atoms with van der Waals surface area (Å²) in [6, 6.07) is 9.14. The van der Waals surface area contributed by atoms with Gasteiger partial charge in [-0.25, -0.2) is 0 Å². The minimum Gasteiger partial charge on any atom is -0.358 e. The number of fused-ring (bicyclic) bond motifs is 5. The van der Waals surface area contributed by atoms with Gasteiger partial charge in [-0.3, -0.25) is 4.79 Å². The maximum atomic E-state index is 13.2. The zero-order chi connectivity index (χ0) is 18.8. The van der Waals surface area contributed by atoms with E-state index in [4.69, 9.17) is 0 Å². The fourth-order valence-electron chi connectivity index (χ4n) is 6.64. The molecule has 3 heterocycles. The van der Waals surface area contributed by atoms with Crippen molar-refractivity contribution in [3.8, 4) is 0 Å². The lowest BCUT2D eigenvalue weighted by Crippen LogP contribution is -3.15. The van der Waals surface area contributed by atoms with E-state index in [0.29, 0.717) is 29.3 Å². The van der Waals surface area contributed by atoms with Crippen molar-refractivity contribution < 1.29 is 9.69 Å². The number of hydrogen-bond acceptors (Lipinski definition) is 1. The van der Waals surface area contributed by atoms with Crippen LogP contribution in [-0.2, 0) is 17.8 Å². The second-order valence-electron chi connectivity index (χ2n) is 10.5. The number of aromatic amines is 1. The Kier molecular flexibility index (Phi) is 3.74. The third-order valence-corrected chi connectivity index (χ3v) is 7.29. The number of carbonyl (C=O) groups excluding carboxylic acids is 1. The molecular weight excluding hydrogens is 334 g/mol. The third kappa shape index (κ3) is 2.98. The van der Waals surface area contributed by atoms with Crippen LogP contribution >= 0.6 is 0 Å². The first-order valence-corrected chi connectivity index (χ1v) is 10.5. The van der Waals surface area contributed by atoms with Crippen molar-refractivity contribution in [3.05, 3.63) is 35.5 Å². The number of nitrogens with zero attached hydrogens (tertiary/aromatic N) is 1. The highest BCUT2D eigenvalue weighted by Gasteiger charge is 2.53. The number of amides is 1. The van der Waals surface area contributed by atoms with Gasteiger partial charge < -0.3 is 14.8 Å². The van der Waals surface area contributed by atoms with Gasteiger partial charge in [0.25, 0.3) is 5.91 Å². The average molecular weight is 367 g/mol. The van der Waals surface area contributed by atoms with Crippen molar-refractivity contribution in [3.63, 3.8) is 0 Å². The topological polar surface area (TPSA) is 40.5 Å². The highest BCUT2D eigenvalue weighted by molar-refractivity contribution is 5.86. The van der Waals surface area contributed by atoms with Crippen LogP contribution in [0.3, 0.4) is 0 Å². The van der Waals surface area contributed by atoms with Crippen LogP contribution in [0.15, 0.2) is 24.3 Å². The molecule has 4 nitrogen and oxygen atoms in total. The maximum Gasteiger partial charge on any atom is 0.278 e. The molecule has 2 N–H and O–H groups in total. The molecule has 2 aromatic rings. The fourth-order valence-corrected chi connectivity index (χ4v) is 6.64. The van der Waals surface area contributed by atoms with Gasteiger partial charge >= 0.3 is 0 Å². The van der Waals surface area contributed by atoms with Gasteiger partial charge in [-0.05, 0) is 17.9 Å². The van der Waals surface area contributed by atoms with E-state index in [0.717, 1.165) is 19.5 Å². The molecule has 1 aliphatic carbocycles. The lowest BCUT2D eigenvalue weighted by Gasteiger charge is -2.37. The molecule has 2 aliphatic heterocycles. The third-order valence-electron chi connectivity index (χ3n) is 7.29. The summed E-state index contributed by atoms with van der Waals surface area (Å²) in [5.41, 5.74) is 4.69. The molecule has 0 radical (unpaired) electrons. The first kappa shape index (κ1) is 17.3. The quantitative estimate of drug-likeness (QED) is 0.843. The van der Waals surface area contributed by atoms with Gasteiger partial charge in [-0.2, -0.15) is 0 Å². The van der Waals surface area contributed by atoms with Gasteiger partial charge in [-0.15, -0.1) is 0 Å². The largest absolute Gasteiger partial charge is 0.358 e. The summed E-state index contributed by atoms with van der Waals surface area (Å²) in [6.07, 6.45) is 4.80. The molecule has 4 heteroatoms. The van der Waals surface area contributed by atoms with Crippen molar-refractivity contribution in [1.82, 2.24) is 9.88 Å². The smallest absolute Gasteiger partial charge is 0.278 e. The summed E-state index contributed by atoms with van der Waals surface area (Å²) in [5.74, 6) is 0.342. The van der Waals surface area contributed by atoms with E-state index in [1.54, 1.807) is 0 Å². The van der Waals surface area contributed by atoms with Gasteiger partial charge in [0, 0.05) is 59.9 Å². The number of nitrogens with one attached hydrogen (secondary N) is 2. The molecule has 144 valence electrons. The second kappa shape index (κ2) is 5.84. The normalized spacial score (nSPS) is 31.9. The molecule has 1 aromatic heterocycles. The fraction of sp³-hybridized carbons (Fsp3) is 0.609. The summed E-state index contributed by atoms with van der Waals surface area (Å²) in [6.45, 7) is 10.7. The Morgan fingerprint density at radius 2 is 2.07 bits per heavy atom. The highest BCUT2D eigenvalue weighted by atomic mass is 16.2. The molecular formula is C23H32N3O+. The molecule has 1 saturated carbocycles. The number of para-hydroxylation sites is 1. The summed E-state index contributed by atoms with van der Waals surface area (Å²) >= 11 is 0. The summed E-state index contributed by atoms with van der Waals surface area (Å²) in [7, 11) is 0. The Morgan fingerprint density at radius 1 is 1.26 bits per heavy atom. The van der Waals surface area contributed by atoms with E-state index in [1.165, 1.54) is 52.9 Å². The number of carbonyl (C=O) groups is 1. The van der Waals surface area contributed by atoms with Crippen LogP contribution in [0.4, 0.5) is 0 Å². The monoisotopic (exact) mass is 366 g/mol. The molecule has 1 aromatic carbocycles. The van der Waals surface area contributed by atoms with Gasteiger partial charge in [0.1, 0.15) is 0 Å². The van der Waals surface area contributed by atoms with Crippen LogP contribution in [0.5, 0.6) is 0 Å². The van der Waals surface area contributed by atoms with Crippen molar-refractivity contribution in [2.75, 3.05) is 19.6 Å². The summed E-state index contributed by atoms with van der Waals surface area (Å²) < 4.78 is 0. The number of H-pyrrole nitrogens is 1. The number of aromatic nitrogens is 1. The second-order valence-corrected chi connectivity index (χ2v) is 10.5. The Balaban J connectivity index is 1.31. The minimum absolute atomic E-state index is 0.342. The molecule has 3 aliphatic rings. The van der Waals surface area contributed by atoms with Gasteiger partial charge in [0.05, 0.1) is 12.6 Å². The van der Waals surface area contributed by atoms with Crippen LogP contribution in [0, 0.1) is 10.8 Å². The maximum absolute atomic E-state index is 13.2. The predicted molar refractivity (Wildman–Crippen MR) is 108 cm³/mol. The van der Waals surface area contributed by atoms with Crippen LogP contribution in [0.2, 0.25) is 0 Å². The van der Waals surface area contributed by atoms with Gasteiger partial charge in [0.2, 0.25) is 0 Å². The Bertz CT molecular complexity index is 898. The summed E-state index contributed by atoms with van der Waals surface area (Å²) in [4.78, 5) is 20.4. The molecule has 1 unspecified atom stereocenters. The first-order valence-electron chi connectivity index (χ1n) is 10.5. The van der Waals surface area contributed by atoms with E-state index < -0.39 is 0 Å². The Morgan fingerprint density at radius 3 is 2.93 bits per heavy atom. The van der Waals surface area contributed by atoms with Gasteiger partial charge in [-0.1, -0.05) is 39.0 Å². The summed E-state index contributed by atoms with van der Waals surface area (Å²) in [5, 5.41) is 1.28. The van der Waals surface area contributed by atoms with E-state index in [-0.39, 0.29) is 0 Å². The zero-order valence-electron chi connectivity index (χ0n) is 16.9. The lowest BCUT2D eigenvalue weighted by molar-refractivity contribution is -0.907. The highest BCUT2D eigenvalue weighted by Crippen LogP contribution is 2.47. The van der Waals surface area contributed by atoms with E-state index in [2.05, 4.69) is 54.9 Å². The van der Waals surface area contributed by atoms with E-state index in [9.17, 15) is 4.79 Å². The van der Waals surface area contributed by atoms with Gasteiger partial charge in [0.15, 0.2) is 6.54 Å². The van der Waals surface area contributed by atoms with Crippen molar-refractivity contribution in [2.45, 2.75) is 59.0 Å². The molecule has 0 spiro atoms. The average Bonchev–Trinajstić information content (AvgIpc) is 3.07. The van der Waals surface area contributed by atoms with Crippen LogP contribution in [-0.4, -0.2) is 41.5 Å². The zero-order valence-corrected chi connectivity index (χ0v) is 16.9. The molecule has 3 atom stereocenters. The number of benzene rings is 1. The Hall–Kier alpha value is -1.81. The standard InChI is InChI=1S/C23H31N3O/c1-22(2)10-16-11-23(3,14-22)15-26(16)13-21(27)25-9-8-20-18(12-25)17-6-4-5-7-19(17)24-20/h4-7,16,24H,8-15H2,1-3H3/p+1/t16-,23-/m0/s1. The van der Waals surface area contributed by atoms with Crippen LogP contribution in [0.25, 0.3) is 10.9 Å². The van der Waals surface area contributed by atoms with E-state index >= 15 is 0 Å². The molecule has 5 rings (SSSR count). The first-order chi connectivity index (χ1) is 12.8. The molecule has 27 heavy (non-hydrogen) atoms. The molecule has 1 saturated heterocycles. The predicted octanol–water partition coefficient (Wildman–Crippen LogP) is 2.54. The van der Waals surface area contributed by atoms with Crippen molar-refractivity contribution in [1.29, 1.82) is 0 Å². The number of likely N-dealkylation sites (tertiary alicyclic amines) is 1. The van der Waals surface area contributed by atoms with Crippen molar-refractivity contribution in [2.24, 2.45) is 10.8 Å². The molecule has 2 bridgehead atoms. The Labute approximate surface area is 161 Å².